The van der Waals surface area contributed by atoms with Crippen LogP contribution in [-0.2, 0) is 11.8 Å². The van der Waals surface area contributed by atoms with E-state index in [0.717, 1.165) is 46.0 Å². The molecule has 4 saturated carbocycles. The molecule has 1 heterocycles. The maximum atomic E-state index is 4.99. The number of aryl methyl sites for hydroxylation is 1. The van der Waals surface area contributed by atoms with Gasteiger partial charge >= 0.3 is 0 Å². The summed E-state index contributed by atoms with van der Waals surface area (Å²) in [4.78, 5) is 9.91. The fourth-order valence-corrected chi connectivity index (χ4v) is 6.17. The topological polar surface area (TPSA) is 37.8 Å². The lowest BCUT2D eigenvalue weighted by molar-refractivity contribution is -0.00944. The Kier molecular flexibility index (Phi) is 3.29. The molecule has 1 N–H and O–H groups in total. The summed E-state index contributed by atoms with van der Waals surface area (Å²) in [6.07, 6.45) is 9.34. The highest BCUT2D eigenvalue weighted by atomic mass is 79.9. The van der Waals surface area contributed by atoms with E-state index < -0.39 is 0 Å². The number of aromatic nitrogens is 2. The number of nitrogens with one attached hydrogen (secondary N) is 1. The predicted octanol–water partition coefficient (Wildman–Crippen LogP) is 4.31. The summed E-state index contributed by atoms with van der Waals surface area (Å²) < 4.78 is 1.04. The molecule has 4 fully saturated rings. The van der Waals surface area contributed by atoms with E-state index in [1.54, 1.807) is 0 Å². The van der Waals surface area contributed by atoms with Gasteiger partial charge in [-0.1, -0.05) is 6.92 Å². The van der Waals surface area contributed by atoms with Gasteiger partial charge in [0.2, 0.25) is 0 Å². The second-order valence-electron chi connectivity index (χ2n) is 7.46. The van der Waals surface area contributed by atoms with Crippen LogP contribution in [0.4, 0.5) is 5.82 Å². The molecule has 4 bridgehead atoms. The number of hydrogen-bond donors (Lipinski definition) is 1. The number of rotatable bonds is 3. The summed E-state index contributed by atoms with van der Waals surface area (Å²) >= 11 is 3.66. The minimum absolute atomic E-state index is 0.283. The maximum absolute atomic E-state index is 4.99. The zero-order valence-corrected chi connectivity index (χ0v) is 14.5. The Bertz CT molecular complexity index is 509. The molecular weight excluding hydrogens is 326 g/mol. The molecule has 4 aliphatic carbocycles. The van der Waals surface area contributed by atoms with Gasteiger partial charge in [-0.2, -0.15) is 0 Å². The van der Waals surface area contributed by atoms with Crippen molar-refractivity contribution in [1.29, 1.82) is 0 Å². The zero-order chi connectivity index (χ0) is 14.6. The van der Waals surface area contributed by atoms with Gasteiger partial charge in [0.1, 0.15) is 11.6 Å². The minimum atomic E-state index is 0.283. The minimum Gasteiger partial charge on any atom is -0.372 e. The first-order valence-corrected chi connectivity index (χ1v) is 9.17. The van der Waals surface area contributed by atoms with Crippen molar-refractivity contribution in [2.24, 2.45) is 17.8 Å². The van der Waals surface area contributed by atoms with Gasteiger partial charge in [-0.3, -0.25) is 0 Å². The molecule has 0 aliphatic heterocycles. The van der Waals surface area contributed by atoms with Gasteiger partial charge in [0.05, 0.1) is 10.2 Å². The smallest absolute Gasteiger partial charge is 0.144 e. The van der Waals surface area contributed by atoms with Crippen molar-refractivity contribution >= 4 is 21.7 Å². The molecule has 21 heavy (non-hydrogen) atoms. The third-order valence-electron chi connectivity index (χ3n) is 6.00. The lowest BCUT2D eigenvalue weighted by atomic mass is 9.49. The van der Waals surface area contributed by atoms with Crippen LogP contribution in [0.15, 0.2) is 4.47 Å². The molecule has 1 aromatic rings. The van der Waals surface area contributed by atoms with E-state index in [9.17, 15) is 0 Å². The van der Waals surface area contributed by atoms with Gasteiger partial charge < -0.3 is 5.32 Å². The summed E-state index contributed by atoms with van der Waals surface area (Å²) in [5.41, 5.74) is 1.44. The van der Waals surface area contributed by atoms with Crippen molar-refractivity contribution in [1.82, 2.24) is 9.97 Å². The number of anilines is 1. The van der Waals surface area contributed by atoms with Crippen LogP contribution in [0.1, 0.15) is 57.0 Å². The molecular formula is C17H24BrN3. The lowest BCUT2D eigenvalue weighted by Gasteiger charge is -2.56. The molecule has 0 unspecified atom stereocenters. The Morgan fingerprint density at radius 3 is 2.14 bits per heavy atom. The Labute approximate surface area is 135 Å². The Morgan fingerprint density at radius 2 is 1.67 bits per heavy atom. The first kappa shape index (κ1) is 14.0. The van der Waals surface area contributed by atoms with Crippen molar-refractivity contribution in [3.05, 3.63) is 16.0 Å². The van der Waals surface area contributed by atoms with Crippen LogP contribution in [0.2, 0.25) is 0 Å². The molecule has 1 aromatic heterocycles. The van der Waals surface area contributed by atoms with Crippen LogP contribution >= 0.6 is 15.9 Å². The highest BCUT2D eigenvalue weighted by molar-refractivity contribution is 9.10. The van der Waals surface area contributed by atoms with Gasteiger partial charge in [0, 0.05) is 12.5 Å². The quantitative estimate of drug-likeness (QED) is 0.883. The summed E-state index contributed by atoms with van der Waals surface area (Å²) in [7, 11) is 1.95. The molecule has 3 nitrogen and oxygen atoms in total. The lowest BCUT2D eigenvalue weighted by Crippen LogP contribution is -2.49. The molecule has 4 aliphatic rings. The molecule has 4 heteroatoms. The van der Waals surface area contributed by atoms with Crippen molar-refractivity contribution in [3.8, 4) is 0 Å². The SMILES string of the molecule is CCc1nc(C23CC4CC(CC(C4)C2)C3)nc(NC)c1Br. The Hall–Kier alpha value is -0.640. The summed E-state index contributed by atoms with van der Waals surface area (Å²) in [5, 5.41) is 3.24. The van der Waals surface area contributed by atoms with E-state index >= 15 is 0 Å². The van der Waals surface area contributed by atoms with Crippen LogP contribution in [0.5, 0.6) is 0 Å². The zero-order valence-electron chi connectivity index (χ0n) is 13.0. The van der Waals surface area contributed by atoms with Crippen molar-refractivity contribution in [2.45, 2.75) is 57.3 Å². The first-order chi connectivity index (χ1) is 10.1. The summed E-state index contributed by atoms with van der Waals surface area (Å²) in [6.45, 7) is 2.18. The molecule has 0 spiro atoms. The van der Waals surface area contributed by atoms with E-state index in [-0.39, 0.29) is 5.41 Å². The van der Waals surface area contributed by atoms with E-state index in [4.69, 9.17) is 9.97 Å². The van der Waals surface area contributed by atoms with Crippen LogP contribution in [0, 0.1) is 17.8 Å². The fourth-order valence-electron chi connectivity index (χ4n) is 5.52. The second kappa shape index (κ2) is 4.94. The van der Waals surface area contributed by atoms with Crippen LogP contribution in [0.3, 0.4) is 0 Å². The first-order valence-electron chi connectivity index (χ1n) is 8.38. The highest BCUT2D eigenvalue weighted by Crippen LogP contribution is 2.60. The molecule has 5 rings (SSSR count). The maximum Gasteiger partial charge on any atom is 0.144 e. The molecule has 0 aromatic carbocycles. The van der Waals surface area contributed by atoms with Crippen molar-refractivity contribution < 1.29 is 0 Å². The fraction of sp³-hybridized carbons (Fsp3) is 0.765. The third-order valence-corrected chi connectivity index (χ3v) is 6.84. The standard InChI is InChI=1S/C17H24BrN3/c1-3-13-14(18)15(19-2)21-16(20-13)17-7-10-4-11(8-17)6-12(5-10)9-17/h10-12H,3-9H2,1-2H3,(H,19,20,21). The average Bonchev–Trinajstić information content (AvgIpc) is 2.46. The van der Waals surface area contributed by atoms with Gasteiger partial charge in [-0.25, -0.2) is 9.97 Å². The molecule has 0 radical (unpaired) electrons. The number of nitrogens with zero attached hydrogens (tertiary/aromatic N) is 2. The molecule has 0 amide bonds. The molecule has 0 atom stereocenters. The number of halogens is 1. The van der Waals surface area contributed by atoms with Gasteiger partial charge in [-0.05, 0) is 78.6 Å². The summed E-state index contributed by atoms with van der Waals surface area (Å²) in [6, 6.07) is 0. The molecule has 114 valence electrons. The van der Waals surface area contributed by atoms with Crippen LogP contribution in [0.25, 0.3) is 0 Å². The van der Waals surface area contributed by atoms with Crippen molar-refractivity contribution in [2.75, 3.05) is 12.4 Å². The van der Waals surface area contributed by atoms with Crippen LogP contribution < -0.4 is 5.32 Å². The highest BCUT2D eigenvalue weighted by Gasteiger charge is 2.53. The average molecular weight is 350 g/mol. The molecule has 0 saturated heterocycles. The van der Waals surface area contributed by atoms with Gasteiger partial charge in [0.15, 0.2) is 0 Å². The van der Waals surface area contributed by atoms with Gasteiger partial charge in [-0.15, -0.1) is 0 Å². The summed E-state index contributed by atoms with van der Waals surface area (Å²) in [5.74, 6) is 4.91. The monoisotopic (exact) mass is 349 g/mol. The van der Waals surface area contributed by atoms with E-state index in [0.29, 0.717) is 0 Å². The van der Waals surface area contributed by atoms with E-state index in [2.05, 4.69) is 28.2 Å². The third kappa shape index (κ3) is 2.13. The van der Waals surface area contributed by atoms with E-state index in [1.165, 1.54) is 38.5 Å². The van der Waals surface area contributed by atoms with Crippen LogP contribution in [-0.4, -0.2) is 17.0 Å². The number of hydrogen-bond acceptors (Lipinski definition) is 3. The Morgan fingerprint density at radius 1 is 1.10 bits per heavy atom. The van der Waals surface area contributed by atoms with E-state index in [1.807, 2.05) is 7.05 Å². The largest absolute Gasteiger partial charge is 0.372 e. The predicted molar refractivity (Wildman–Crippen MR) is 88.5 cm³/mol. The van der Waals surface area contributed by atoms with Crippen molar-refractivity contribution in [3.63, 3.8) is 0 Å². The van der Waals surface area contributed by atoms with Gasteiger partial charge in [0.25, 0.3) is 0 Å². The normalized spacial score (nSPS) is 37.0. The second-order valence-corrected chi connectivity index (χ2v) is 8.25. The Balaban J connectivity index is 1.79.